The van der Waals surface area contributed by atoms with Crippen LogP contribution in [-0.2, 0) is 14.3 Å². The van der Waals surface area contributed by atoms with Crippen LogP contribution in [0.2, 0.25) is 0 Å². The van der Waals surface area contributed by atoms with E-state index in [1.54, 1.807) is 18.2 Å². The lowest BCUT2D eigenvalue weighted by molar-refractivity contribution is -0.384. The number of methoxy groups -OCH3 is 1. The van der Waals surface area contributed by atoms with Crippen molar-refractivity contribution >= 4 is 29.3 Å². The quantitative estimate of drug-likeness (QED) is 0.317. The van der Waals surface area contributed by atoms with Crippen molar-refractivity contribution in [3.8, 4) is 17.2 Å². The molecule has 2 aromatic rings. The number of nitro benzene ring substituents is 1. The van der Waals surface area contributed by atoms with Gasteiger partial charge in [0.2, 0.25) is 0 Å². The minimum Gasteiger partial charge on any atom is -0.494 e. The number of fused-ring (bicyclic) bond motifs is 1. The molecule has 0 bridgehead atoms. The zero-order valence-corrected chi connectivity index (χ0v) is 16.0. The van der Waals surface area contributed by atoms with Gasteiger partial charge in [-0.3, -0.25) is 14.9 Å². The van der Waals surface area contributed by atoms with Crippen molar-refractivity contribution in [2.45, 2.75) is 0 Å². The number of nitrogens with one attached hydrogen (secondary N) is 1. The molecule has 2 aromatic carbocycles. The van der Waals surface area contributed by atoms with Crippen molar-refractivity contribution in [3.63, 3.8) is 0 Å². The molecule has 0 spiro atoms. The first-order chi connectivity index (χ1) is 14.5. The molecule has 1 amide bonds. The number of hydrogen-bond acceptors (Lipinski definition) is 8. The summed E-state index contributed by atoms with van der Waals surface area (Å²) in [6.45, 7) is 0.406. The van der Waals surface area contributed by atoms with Crippen molar-refractivity contribution < 1.29 is 33.5 Å². The number of benzene rings is 2. The van der Waals surface area contributed by atoms with E-state index in [9.17, 15) is 19.7 Å². The van der Waals surface area contributed by atoms with Crippen LogP contribution in [-0.4, -0.2) is 43.7 Å². The highest BCUT2D eigenvalue weighted by Gasteiger charge is 2.14. The van der Waals surface area contributed by atoms with Gasteiger partial charge in [0.05, 0.1) is 23.8 Å². The summed E-state index contributed by atoms with van der Waals surface area (Å²) < 4.78 is 20.8. The van der Waals surface area contributed by atoms with Gasteiger partial charge in [-0.2, -0.15) is 0 Å². The Labute approximate surface area is 171 Å². The lowest BCUT2D eigenvalue weighted by Crippen LogP contribution is -2.20. The summed E-state index contributed by atoms with van der Waals surface area (Å²) in [5.41, 5.74) is 0.743. The molecule has 0 unspecified atom stereocenters. The number of anilines is 1. The molecule has 1 aliphatic heterocycles. The molecule has 0 radical (unpaired) electrons. The van der Waals surface area contributed by atoms with E-state index in [1.807, 2.05) is 0 Å². The Morgan fingerprint density at radius 2 is 1.93 bits per heavy atom. The van der Waals surface area contributed by atoms with Crippen LogP contribution in [0.15, 0.2) is 42.5 Å². The second-order valence-electron chi connectivity index (χ2n) is 6.03. The van der Waals surface area contributed by atoms with Crippen molar-refractivity contribution in [2.24, 2.45) is 0 Å². The van der Waals surface area contributed by atoms with Crippen LogP contribution in [0.3, 0.4) is 0 Å². The molecular weight excluding hydrogens is 396 g/mol. The lowest BCUT2D eigenvalue weighted by Gasteiger charge is -2.18. The number of esters is 1. The predicted molar refractivity (Wildman–Crippen MR) is 106 cm³/mol. The van der Waals surface area contributed by atoms with Crippen LogP contribution in [0.1, 0.15) is 5.56 Å². The first-order valence-electron chi connectivity index (χ1n) is 8.83. The molecule has 1 aliphatic rings. The smallest absolute Gasteiger partial charge is 0.331 e. The highest BCUT2D eigenvalue weighted by molar-refractivity contribution is 5.95. The number of carbonyl (C=O) groups is 2. The van der Waals surface area contributed by atoms with E-state index >= 15 is 0 Å². The maximum absolute atomic E-state index is 12.0. The maximum atomic E-state index is 12.0. The van der Waals surface area contributed by atoms with Crippen LogP contribution < -0.4 is 19.5 Å². The lowest BCUT2D eigenvalue weighted by atomic mass is 10.2. The number of carbonyl (C=O) groups excluding carboxylic acids is 2. The number of amides is 1. The van der Waals surface area contributed by atoms with Gasteiger partial charge < -0.3 is 24.3 Å². The fourth-order valence-electron chi connectivity index (χ4n) is 2.60. The minimum absolute atomic E-state index is 0.113. The van der Waals surface area contributed by atoms with Gasteiger partial charge in [-0.05, 0) is 29.8 Å². The average Bonchev–Trinajstić information content (AvgIpc) is 2.76. The van der Waals surface area contributed by atoms with E-state index in [1.165, 1.54) is 37.5 Å². The molecule has 30 heavy (non-hydrogen) atoms. The molecule has 0 aliphatic carbocycles. The number of hydrogen-bond donors (Lipinski definition) is 1. The van der Waals surface area contributed by atoms with Gasteiger partial charge in [-0.15, -0.1) is 0 Å². The third kappa shape index (κ3) is 5.25. The summed E-state index contributed by atoms with van der Waals surface area (Å²) in [6, 6.07) is 8.96. The Morgan fingerprint density at radius 3 is 2.67 bits per heavy atom. The van der Waals surface area contributed by atoms with E-state index in [4.69, 9.17) is 18.9 Å². The fraction of sp³-hybridized carbons (Fsp3) is 0.200. The van der Waals surface area contributed by atoms with Gasteiger partial charge in [-0.1, -0.05) is 6.07 Å². The van der Waals surface area contributed by atoms with Gasteiger partial charge in [0.25, 0.3) is 11.6 Å². The molecule has 0 saturated heterocycles. The zero-order chi connectivity index (χ0) is 21.5. The third-order valence-electron chi connectivity index (χ3n) is 3.99. The summed E-state index contributed by atoms with van der Waals surface area (Å²) in [6.07, 6.45) is 2.71. The van der Waals surface area contributed by atoms with Gasteiger partial charge >= 0.3 is 5.97 Å². The van der Waals surface area contributed by atoms with Crippen molar-refractivity contribution in [3.05, 3.63) is 58.2 Å². The van der Waals surface area contributed by atoms with Gasteiger partial charge in [0.15, 0.2) is 18.1 Å². The summed E-state index contributed by atoms with van der Waals surface area (Å²) in [7, 11) is 1.32. The first kappa shape index (κ1) is 20.6. The number of nitro groups is 1. The molecule has 1 N–H and O–H groups in total. The number of ether oxygens (including phenoxy) is 4. The zero-order valence-electron chi connectivity index (χ0n) is 16.0. The Morgan fingerprint density at radius 1 is 1.17 bits per heavy atom. The Hall–Kier alpha value is -4.08. The van der Waals surface area contributed by atoms with Gasteiger partial charge in [-0.25, -0.2) is 4.79 Å². The molecule has 156 valence electrons. The van der Waals surface area contributed by atoms with E-state index in [0.29, 0.717) is 30.3 Å². The SMILES string of the molecule is COc1cc([N+](=O)[O-])ccc1NC(=O)COC(=O)/C=C/c1ccc2c(c1)OCCO2. The highest BCUT2D eigenvalue weighted by atomic mass is 16.6. The van der Waals surface area contributed by atoms with Crippen LogP contribution in [0.25, 0.3) is 6.08 Å². The monoisotopic (exact) mass is 414 g/mol. The average molecular weight is 414 g/mol. The highest BCUT2D eigenvalue weighted by Crippen LogP contribution is 2.31. The minimum atomic E-state index is -0.712. The standard InChI is InChI=1S/C20H18N2O8/c1-27-17-11-14(22(25)26)4-5-15(17)21-19(23)12-30-20(24)7-3-13-2-6-16-18(10-13)29-9-8-28-16/h2-7,10-11H,8-9,12H2,1H3,(H,21,23)/b7-3+. The summed E-state index contributed by atoms with van der Waals surface area (Å²) in [5.74, 6) is 0.00817. The van der Waals surface area contributed by atoms with Crippen molar-refractivity contribution in [1.29, 1.82) is 0 Å². The van der Waals surface area contributed by atoms with Crippen LogP contribution in [0.5, 0.6) is 17.2 Å². The predicted octanol–water partition coefficient (Wildman–Crippen LogP) is 2.57. The molecule has 3 rings (SSSR count). The Kier molecular flexibility index (Phi) is 6.48. The molecule has 0 fully saturated rings. The summed E-state index contributed by atoms with van der Waals surface area (Å²) in [4.78, 5) is 34.1. The maximum Gasteiger partial charge on any atom is 0.331 e. The topological polar surface area (TPSA) is 126 Å². The Balaban J connectivity index is 1.53. The van der Waals surface area contributed by atoms with Crippen LogP contribution in [0.4, 0.5) is 11.4 Å². The number of non-ortho nitro benzene ring substituents is 1. The second kappa shape index (κ2) is 9.41. The number of nitrogens with zero attached hydrogens (tertiary/aromatic N) is 1. The normalized spacial score (nSPS) is 12.3. The summed E-state index contributed by atoms with van der Waals surface area (Å²) >= 11 is 0. The molecular formula is C20H18N2O8. The van der Waals surface area contributed by atoms with Crippen LogP contribution in [0, 0.1) is 10.1 Å². The van der Waals surface area contributed by atoms with Gasteiger partial charge in [0, 0.05) is 12.1 Å². The molecule has 1 heterocycles. The van der Waals surface area contributed by atoms with E-state index in [2.05, 4.69) is 5.32 Å². The first-order valence-corrected chi connectivity index (χ1v) is 8.83. The van der Waals surface area contributed by atoms with E-state index in [-0.39, 0.29) is 17.1 Å². The molecule has 0 atom stereocenters. The van der Waals surface area contributed by atoms with E-state index in [0.717, 1.165) is 0 Å². The third-order valence-corrected chi connectivity index (χ3v) is 3.99. The fourth-order valence-corrected chi connectivity index (χ4v) is 2.60. The molecule has 0 aromatic heterocycles. The van der Waals surface area contributed by atoms with Crippen molar-refractivity contribution in [1.82, 2.24) is 0 Å². The van der Waals surface area contributed by atoms with Crippen LogP contribution >= 0.6 is 0 Å². The van der Waals surface area contributed by atoms with E-state index < -0.39 is 23.4 Å². The van der Waals surface area contributed by atoms with Crippen molar-refractivity contribution in [2.75, 3.05) is 32.2 Å². The Bertz CT molecular complexity index is 1000. The second-order valence-corrected chi connectivity index (χ2v) is 6.03. The van der Waals surface area contributed by atoms with Gasteiger partial charge in [0.1, 0.15) is 19.0 Å². The molecule has 0 saturated carbocycles. The largest absolute Gasteiger partial charge is 0.494 e. The molecule has 10 heteroatoms. The summed E-state index contributed by atoms with van der Waals surface area (Å²) in [5, 5.41) is 13.3. The number of rotatable bonds is 7. The molecule has 10 nitrogen and oxygen atoms in total.